The van der Waals surface area contributed by atoms with Gasteiger partial charge in [0.15, 0.2) is 0 Å². The summed E-state index contributed by atoms with van der Waals surface area (Å²) in [5.41, 5.74) is 0.579. The van der Waals surface area contributed by atoms with Gasteiger partial charge in [0.2, 0.25) is 0 Å². The Balaban J connectivity index is 2.51. The van der Waals surface area contributed by atoms with Crippen LogP contribution in [-0.2, 0) is 4.74 Å². The molecular formula is C13H11ClN2O5. The number of carboxylic acids is 1. The van der Waals surface area contributed by atoms with Crippen LogP contribution in [0.5, 0.6) is 5.75 Å². The van der Waals surface area contributed by atoms with Gasteiger partial charge in [0.25, 0.3) is 0 Å². The predicted octanol–water partition coefficient (Wildman–Crippen LogP) is 2.02. The Labute approximate surface area is 124 Å². The lowest BCUT2D eigenvalue weighted by molar-refractivity contribution is 0.0596. The lowest BCUT2D eigenvalue weighted by Gasteiger charge is -2.10. The van der Waals surface area contributed by atoms with Gasteiger partial charge in [-0.2, -0.15) is 5.10 Å². The van der Waals surface area contributed by atoms with Crippen LogP contribution in [0.1, 0.15) is 20.7 Å². The van der Waals surface area contributed by atoms with E-state index >= 15 is 0 Å². The van der Waals surface area contributed by atoms with E-state index in [9.17, 15) is 9.59 Å². The molecule has 1 heterocycles. The lowest BCUT2D eigenvalue weighted by Crippen LogP contribution is -2.06. The molecule has 0 saturated carbocycles. The molecule has 1 N–H and O–H groups in total. The summed E-state index contributed by atoms with van der Waals surface area (Å²) in [6, 6.07) is 4.55. The molecule has 0 amide bonds. The molecule has 0 aliphatic carbocycles. The molecule has 21 heavy (non-hydrogen) atoms. The monoisotopic (exact) mass is 310 g/mol. The number of ether oxygens (including phenoxy) is 2. The average Bonchev–Trinajstić information content (AvgIpc) is 2.87. The molecule has 7 nitrogen and oxygen atoms in total. The Bertz CT molecular complexity index is 711. The minimum atomic E-state index is -1.18. The van der Waals surface area contributed by atoms with Gasteiger partial charge in [-0.1, -0.05) is 11.6 Å². The van der Waals surface area contributed by atoms with Crippen LogP contribution in [0.25, 0.3) is 5.69 Å². The minimum absolute atomic E-state index is 0.0460. The molecule has 8 heteroatoms. The number of carbonyl (C=O) groups excluding carboxylic acids is 1. The first-order valence-electron chi connectivity index (χ1n) is 5.73. The van der Waals surface area contributed by atoms with Crippen LogP contribution in [0.4, 0.5) is 0 Å². The van der Waals surface area contributed by atoms with Gasteiger partial charge < -0.3 is 14.6 Å². The maximum absolute atomic E-state index is 11.6. The zero-order chi connectivity index (χ0) is 15.6. The van der Waals surface area contributed by atoms with Gasteiger partial charge in [-0.15, -0.1) is 0 Å². The fraction of sp³-hybridized carbons (Fsp3) is 0.154. The number of hydrogen-bond acceptors (Lipinski definition) is 5. The normalized spacial score (nSPS) is 10.2. The highest BCUT2D eigenvalue weighted by atomic mass is 35.5. The summed E-state index contributed by atoms with van der Waals surface area (Å²) in [5, 5.41) is 12.8. The SMILES string of the molecule is COC(=O)c1ccc(-n2ncc(C(=O)O)c2Cl)cc1OC. The topological polar surface area (TPSA) is 90.7 Å². The standard InChI is InChI=1S/C13H11ClN2O5/c1-20-10-5-7(3-4-8(10)13(19)21-2)16-11(14)9(6-15-16)12(17)18/h3-6H,1-2H3,(H,17,18). The molecule has 1 aromatic heterocycles. The van der Waals surface area contributed by atoms with Gasteiger partial charge in [0.1, 0.15) is 22.0 Å². The highest BCUT2D eigenvalue weighted by Crippen LogP contribution is 2.26. The molecule has 0 aliphatic rings. The number of aromatic nitrogens is 2. The summed E-state index contributed by atoms with van der Waals surface area (Å²) in [7, 11) is 2.66. The zero-order valence-electron chi connectivity index (χ0n) is 11.2. The lowest BCUT2D eigenvalue weighted by atomic mass is 10.2. The fourth-order valence-electron chi connectivity index (χ4n) is 1.75. The molecule has 0 saturated heterocycles. The number of nitrogens with zero attached hydrogens (tertiary/aromatic N) is 2. The van der Waals surface area contributed by atoms with Crippen molar-refractivity contribution < 1.29 is 24.2 Å². The molecule has 0 atom stereocenters. The second kappa shape index (κ2) is 5.84. The van der Waals surface area contributed by atoms with Crippen molar-refractivity contribution in [1.82, 2.24) is 9.78 Å². The van der Waals surface area contributed by atoms with Crippen LogP contribution in [0.2, 0.25) is 5.15 Å². The van der Waals surface area contributed by atoms with Crippen LogP contribution in [0, 0.1) is 0 Å². The van der Waals surface area contributed by atoms with E-state index in [2.05, 4.69) is 9.84 Å². The Hall–Kier alpha value is -2.54. The van der Waals surface area contributed by atoms with Crippen molar-refractivity contribution in [3.63, 3.8) is 0 Å². The molecule has 0 aliphatic heterocycles. The van der Waals surface area contributed by atoms with E-state index in [1.165, 1.54) is 31.0 Å². The van der Waals surface area contributed by atoms with E-state index in [1.54, 1.807) is 6.07 Å². The molecule has 110 valence electrons. The number of esters is 1. The number of hydrogen-bond donors (Lipinski definition) is 1. The second-order valence-electron chi connectivity index (χ2n) is 3.94. The van der Waals surface area contributed by atoms with Crippen LogP contribution >= 0.6 is 11.6 Å². The van der Waals surface area contributed by atoms with Gasteiger partial charge in [-0.25, -0.2) is 14.3 Å². The summed E-state index contributed by atoms with van der Waals surface area (Å²) >= 11 is 5.97. The summed E-state index contributed by atoms with van der Waals surface area (Å²) in [5.74, 6) is -1.46. The maximum Gasteiger partial charge on any atom is 0.341 e. The number of methoxy groups -OCH3 is 2. The van der Waals surface area contributed by atoms with Gasteiger partial charge in [0.05, 0.1) is 26.1 Å². The number of carboxylic acid groups (broad SMARTS) is 1. The molecule has 0 bridgehead atoms. The van der Waals surface area contributed by atoms with Crippen molar-refractivity contribution in [2.75, 3.05) is 14.2 Å². The molecule has 0 radical (unpaired) electrons. The molecule has 2 aromatic rings. The Morgan fingerprint density at radius 1 is 1.29 bits per heavy atom. The van der Waals surface area contributed by atoms with Crippen LogP contribution in [0.15, 0.2) is 24.4 Å². The summed E-state index contributed by atoms with van der Waals surface area (Å²) in [6.45, 7) is 0. The van der Waals surface area contributed by atoms with E-state index in [0.717, 1.165) is 6.20 Å². The zero-order valence-corrected chi connectivity index (χ0v) is 11.9. The third-order valence-electron chi connectivity index (χ3n) is 2.78. The van der Waals surface area contributed by atoms with Gasteiger partial charge >= 0.3 is 11.9 Å². The van der Waals surface area contributed by atoms with Crippen molar-refractivity contribution in [1.29, 1.82) is 0 Å². The van der Waals surface area contributed by atoms with Gasteiger partial charge in [0, 0.05) is 6.07 Å². The Morgan fingerprint density at radius 3 is 2.52 bits per heavy atom. The molecule has 0 fully saturated rings. The van der Waals surface area contributed by atoms with Crippen LogP contribution in [0.3, 0.4) is 0 Å². The van der Waals surface area contributed by atoms with E-state index < -0.39 is 11.9 Å². The van der Waals surface area contributed by atoms with Crippen molar-refractivity contribution in [3.8, 4) is 11.4 Å². The van der Waals surface area contributed by atoms with Crippen LogP contribution in [-0.4, -0.2) is 41.0 Å². The Kier molecular flexibility index (Phi) is 4.13. The summed E-state index contributed by atoms with van der Waals surface area (Å²) in [4.78, 5) is 22.5. The van der Waals surface area contributed by atoms with Crippen molar-refractivity contribution in [2.24, 2.45) is 0 Å². The Morgan fingerprint density at radius 2 is 2.00 bits per heavy atom. The molecule has 0 unspecified atom stereocenters. The molecule has 1 aromatic carbocycles. The highest BCUT2D eigenvalue weighted by molar-refractivity contribution is 6.32. The van der Waals surface area contributed by atoms with Gasteiger partial charge in [-0.05, 0) is 12.1 Å². The number of aromatic carboxylic acids is 1. The average molecular weight is 311 g/mol. The van der Waals surface area contributed by atoms with Crippen molar-refractivity contribution in [2.45, 2.75) is 0 Å². The minimum Gasteiger partial charge on any atom is -0.496 e. The van der Waals surface area contributed by atoms with E-state index in [-0.39, 0.29) is 22.0 Å². The first-order chi connectivity index (χ1) is 9.99. The van der Waals surface area contributed by atoms with E-state index in [1.807, 2.05) is 0 Å². The predicted molar refractivity (Wildman–Crippen MR) is 73.4 cm³/mol. The third-order valence-corrected chi connectivity index (χ3v) is 3.14. The summed E-state index contributed by atoms with van der Waals surface area (Å²) < 4.78 is 11.0. The van der Waals surface area contributed by atoms with E-state index in [0.29, 0.717) is 5.69 Å². The summed E-state index contributed by atoms with van der Waals surface area (Å²) in [6.07, 6.45) is 1.14. The number of carbonyl (C=O) groups is 2. The molecule has 2 rings (SSSR count). The second-order valence-corrected chi connectivity index (χ2v) is 4.30. The fourth-order valence-corrected chi connectivity index (χ4v) is 2.02. The molecule has 0 spiro atoms. The number of benzene rings is 1. The maximum atomic E-state index is 11.6. The van der Waals surface area contributed by atoms with Crippen molar-refractivity contribution in [3.05, 3.63) is 40.7 Å². The quantitative estimate of drug-likeness (QED) is 0.869. The third kappa shape index (κ3) is 2.68. The smallest absolute Gasteiger partial charge is 0.341 e. The first-order valence-corrected chi connectivity index (χ1v) is 6.11. The number of halogens is 1. The highest BCUT2D eigenvalue weighted by Gasteiger charge is 2.18. The number of rotatable bonds is 4. The van der Waals surface area contributed by atoms with E-state index in [4.69, 9.17) is 21.4 Å². The largest absolute Gasteiger partial charge is 0.496 e. The van der Waals surface area contributed by atoms with Crippen molar-refractivity contribution >= 4 is 23.5 Å². The van der Waals surface area contributed by atoms with Gasteiger partial charge in [-0.3, -0.25) is 0 Å². The van der Waals surface area contributed by atoms with Crippen LogP contribution < -0.4 is 4.74 Å². The molecular weight excluding hydrogens is 300 g/mol. The first kappa shape index (κ1) is 14.9.